The summed E-state index contributed by atoms with van der Waals surface area (Å²) in [5, 5.41) is 10.4. The number of aliphatic hydroxyl groups is 1. The third kappa shape index (κ3) is 4.08. The van der Waals surface area contributed by atoms with Gasteiger partial charge in [0.25, 0.3) is 0 Å². The van der Waals surface area contributed by atoms with Crippen LogP contribution in [0.15, 0.2) is 42.5 Å². The summed E-state index contributed by atoms with van der Waals surface area (Å²) in [6, 6.07) is 14.2. The molecule has 0 amide bonds. The molecule has 2 aromatic rings. The molecule has 0 aliphatic rings. The Bertz CT molecular complexity index is 567. The fraction of sp³-hybridized carbons (Fsp3) is 0.368. The first-order chi connectivity index (χ1) is 9.99. The van der Waals surface area contributed by atoms with Crippen molar-refractivity contribution in [1.29, 1.82) is 0 Å². The Kier molecular flexibility index (Phi) is 5.03. The molecule has 0 spiro atoms. The maximum absolute atomic E-state index is 10.4. The lowest BCUT2D eigenvalue weighted by atomic mass is 10.0. The molecule has 112 valence electrons. The Morgan fingerprint density at radius 3 is 2.10 bits per heavy atom. The second-order valence-corrected chi connectivity index (χ2v) is 5.69. The van der Waals surface area contributed by atoms with Crippen LogP contribution in [0.5, 0.6) is 5.75 Å². The second kappa shape index (κ2) is 6.77. The molecule has 2 rings (SSSR count). The SMILES string of the molecule is CCc1ccc(C(O)C(C)Oc2cc(C)cc(C)c2)cc1. The molecule has 2 heteroatoms. The van der Waals surface area contributed by atoms with Crippen molar-refractivity contribution in [3.05, 3.63) is 64.7 Å². The average molecular weight is 284 g/mol. The minimum absolute atomic E-state index is 0.293. The van der Waals surface area contributed by atoms with Gasteiger partial charge in [0.05, 0.1) is 0 Å². The zero-order valence-electron chi connectivity index (χ0n) is 13.3. The van der Waals surface area contributed by atoms with Crippen LogP contribution in [0.3, 0.4) is 0 Å². The standard InChI is InChI=1S/C19H24O2/c1-5-16-6-8-17(9-7-16)19(20)15(4)21-18-11-13(2)10-14(3)12-18/h6-12,15,19-20H,5H2,1-4H3. The number of aryl methyl sites for hydroxylation is 3. The highest BCUT2D eigenvalue weighted by atomic mass is 16.5. The largest absolute Gasteiger partial charge is 0.488 e. The van der Waals surface area contributed by atoms with Gasteiger partial charge in [-0.25, -0.2) is 0 Å². The van der Waals surface area contributed by atoms with Crippen molar-refractivity contribution in [2.45, 2.75) is 46.3 Å². The van der Waals surface area contributed by atoms with Gasteiger partial charge in [-0.3, -0.25) is 0 Å². The van der Waals surface area contributed by atoms with Crippen LogP contribution in [0.25, 0.3) is 0 Å². The summed E-state index contributed by atoms with van der Waals surface area (Å²) >= 11 is 0. The Balaban J connectivity index is 2.09. The van der Waals surface area contributed by atoms with E-state index in [0.29, 0.717) is 0 Å². The smallest absolute Gasteiger partial charge is 0.126 e. The minimum atomic E-state index is -0.628. The lowest BCUT2D eigenvalue weighted by Gasteiger charge is -2.21. The normalized spacial score (nSPS) is 13.8. The summed E-state index contributed by atoms with van der Waals surface area (Å²) in [7, 11) is 0. The van der Waals surface area contributed by atoms with Gasteiger partial charge in [0.2, 0.25) is 0 Å². The van der Waals surface area contributed by atoms with E-state index in [-0.39, 0.29) is 6.10 Å². The molecular weight excluding hydrogens is 260 g/mol. The Morgan fingerprint density at radius 2 is 1.57 bits per heavy atom. The molecule has 0 heterocycles. The van der Waals surface area contributed by atoms with Gasteiger partial charge in [-0.05, 0) is 61.6 Å². The molecule has 2 unspecified atom stereocenters. The Labute approximate surface area is 127 Å². The van der Waals surface area contributed by atoms with E-state index in [4.69, 9.17) is 4.74 Å². The molecule has 0 bridgehead atoms. The van der Waals surface area contributed by atoms with E-state index in [1.165, 1.54) is 16.7 Å². The highest BCUT2D eigenvalue weighted by molar-refractivity contribution is 5.33. The predicted octanol–water partition coefficient (Wildman–Crippen LogP) is 4.37. The summed E-state index contributed by atoms with van der Waals surface area (Å²) in [5.41, 5.74) is 4.50. The number of aliphatic hydroxyl groups excluding tert-OH is 1. The van der Waals surface area contributed by atoms with Crippen LogP contribution in [0, 0.1) is 13.8 Å². The van der Waals surface area contributed by atoms with Gasteiger partial charge in [0, 0.05) is 0 Å². The van der Waals surface area contributed by atoms with Crippen molar-refractivity contribution in [3.8, 4) is 5.75 Å². The number of ether oxygens (including phenoxy) is 1. The summed E-state index contributed by atoms with van der Waals surface area (Å²) in [6.07, 6.45) is 0.0840. The number of rotatable bonds is 5. The van der Waals surface area contributed by atoms with E-state index in [2.05, 4.69) is 25.1 Å². The summed E-state index contributed by atoms with van der Waals surface area (Å²) in [6.45, 7) is 8.11. The van der Waals surface area contributed by atoms with Gasteiger partial charge in [-0.2, -0.15) is 0 Å². The molecule has 2 nitrogen and oxygen atoms in total. The molecule has 0 radical (unpaired) electrons. The lowest BCUT2D eigenvalue weighted by Crippen LogP contribution is -2.21. The zero-order chi connectivity index (χ0) is 15.4. The van der Waals surface area contributed by atoms with Gasteiger partial charge in [0.1, 0.15) is 18.0 Å². The fourth-order valence-corrected chi connectivity index (χ4v) is 2.50. The first kappa shape index (κ1) is 15.6. The average Bonchev–Trinajstić information content (AvgIpc) is 2.45. The maximum Gasteiger partial charge on any atom is 0.126 e. The van der Waals surface area contributed by atoms with E-state index < -0.39 is 6.10 Å². The Morgan fingerprint density at radius 1 is 1.00 bits per heavy atom. The second-order valence-electron chi connectivity index (χ2n) is 5.69. The summed E-state index contributed by atoms with van der Waals surface area (Å²) < 4.78 is 5.90. The van der Waals surface area contributed by atoms with Crippen molar-refractivity contribution in [2.24, 2.45) is 0 Å². The Hall–Kier alpha value is -1.80. The third-order valence-electron chi connectivity index (χ3n) is 3.69. The van der Waals surface area contributed by atoms with Crippen LogP contribution in [0.2, 0.25) is 0 Å². The van der Waals surface area contributed by atoms with Gasteiger partial charge < -0.3 is 9.84 Å². The fourth-order valence-electron chi connectivity index (χ4n) is 2.50. The van der Waals surface area contributed by atoms with Gasteiger partial charge in [-0.1, -0.05) is 37.3 Å². The van der Waals surface area contributed by atoms with Crippen LogP contribution in [-0.4, -0.2) is 11.2 Å². The van der Waals surface area contributed by atoms with Crippen molar-refractivity contribution >= 4 is 0 Å². The van der Waals surface area contributed by atoms with Crippen molar-refractivity contribution < 1.29 is 9.84 Å². The van der Waals surface area contributed by atoms with E-state index in [9.17, 15) is 5.11 Å². The van der Waals surface area contributed by atoms with Crippen LogP contribution >= 0.6 is 0 Å². The van der Waals surface area contributed by atoms with Crippen molar-refractivity contribution in [1.82, 2.24) is 0 Å². The monoisotopic (exact) mass is 284 g/mol. The maximum atomic E-state index is 10.4. The first-order valence-electron chi connectivity index (χ1n) is 7.51. The first-order valence-corrected chi connectivity index (χ1v) is 7.51. The zero-order valence-corrected chi connectivity index (χ0v) is 13.3. The van der Waals surface area contributed by atoms with Crippen molar-refractivity contribution in [3.63, 3.8) is 0 Å². The van der Waals surface area contributed by atoms with E-state index >= 15 is 0 Å². The lowest BCUT2D eigenvalue weighted by molar-refractivity contribution is 0.0467. The van der Waals surface area contributed by atoms with E-state index in [1.54, 1.807) is 0 Å². The molecule has 0 aromatic heterocycles. The molecule has 1 N–H and O–H groups in total. The highest BCUT2D eigenvalue weighted by Gasteiger charge is 2.18. The molecule has 2 aromatic carbocycles. The van der Waals surface area contributed by atoms with Crippen LogP contribution in [0.1, 0.15) is 42.2 Å². The number of hydrogen-bond donors (Lipinski definition) is 1. The molecule has 0 saturated carbocycles. The van der Waals surface area contributed by atoms with Gasteiger partial charge in [-0.15, -0.1) is 0 Å². The molecule has 0 saturated heterocycles. The summed E-state index contributed by atoms with van der Waals surface area (Å²) in [4.78, 5) is 0. The highest BCUT2D eigenvalue weighted by Crippen LogP contribution is 2.24. The summed E-state index contributed by atoms with van der Waals surface area (Å²) in [5.74, 6) is 0.809. The van der Waals surface area contributed by atoms with Gasteiger partial charge >= 0.3 is 0 Å². The van der Waals surface area contributed by atoms with Crippen molar-refractivity contribution in [2.75, 3.05) is 0 Å². The molecule has 2 atom stereocenters. The molecular formula is C19H24O2. The van der Waals surface area contributed by atoms with Crippen LogP contribution in [0.4, 0.5) is 0 Å². The van der Waals surface area contributed by atoms with Crippen LogP contribution < -0.4 is 4.74 Å². The topological polar surface area (TPSA) is 29.5 Å². The molecule has 21 heavy (non-hydrogen) atoms. The number of benzene rings is 2. The predicted molar refractivity (Wildman–Crippen MR) is 86.8 cm³/mol. The molecule has 0 fully saturated rings. The van der Waals surface area contributed by atoms with E-state index in [1.807, 2.05) is 45.0 Å². The quantitative estimate of drug-likeness (QED) is 0.883. The van der Waals surface area contributed by atoms with E-state index in [0.717, 1.165) is 17.7 Å². The molecule has 0 aliphatic heterocycles. The molecule has 0 aliphatic carbocycles. The number of hydrogen-bond acceptors (Lipinski definition) is 2. The van der Waals surface area contributed by atoms with Gasteiger partial charge in [0.15, 0.2) is 0 Å². The minimum Gasteiger partial charge on any atom is -0.488 e. The third-order valence-corrected chi connectivity index (χ3v) is 3.69. The van der Waals surface area contributed by atoms with Crippen LogP contribution in [-0.2, 0) is 6.42 Å².